The number of nitrogens with zero attached hydrogens (tertiary/aromatic N) is 4. The smallest absolute Gasteiger partial charge is 0.143 e. The molecule has 0 spiro atoms. The number of hydrogen-bond donors (Lipinski definition) is 0. The molecule has 4 heterocycles. The van der Waals surface area contributed by atoms with Crippen LogP contribution in [0.5, 0.6) is 0 Å². The van der Waals surface area contributed by atoms with Gasteiger partial charge >= 0.3 is 0 Å². The van der Waals surface area contributed by atoms with E-state index in [1.807, 2.05) is 21.9 Å². The summed E-state index contributed by atoms with van der Waals surface area (Å²) in [6.07, 6.45) is 6.93. The standard InChI is InChI=1S/C20H20F2N4/c1-4-14(18-11-25-7-5-15(21)10-19(25)23-18)9-17-13(3)26-8-6-16(22)12(2)20(26)24-17/h5-8,10-11,14H,4,9H2,1-3H3. The monoisotopic (exact) mass is 354 g/mol. The van der Waals surface area contributed by atoms with Crippen molar-refractivity contribution in [1.82, 2.24) is 18.8 Å². The second-order valence-electron chi connectivity index (χ2n) is 6.71. The van der Waals surface area contributed by atoms with Gasteiger partial charge in [-0.3, -0.25) is 0 Å². The minimum Gasteiger partial charge on any atom is -0.307 e. The van der Waals surface area contributed by atoms with E-state index in [1.165, 1.54) is 18.2 Å². The Balaban J connectivity index is 1.73. The minimum absolute atomic E-state index is 0.159. The van der Waals surface area contributed by atoms with Crippen molar-refractivity contribution in [2.24, 2.45) is 0 Å². The van der Waals surface area contributed by atoms with Crippen LogP contribution in [-0.2, 0) is 6.42 Å². The van der Waals surface area contributed by atoms with Gasteiger partial charge in [0.1, 0.15) is 22.9 Å². The molecule has 134 valence electrons. The van der Waals surface area contributed by atoms with Gasteiger partial charge < -0.3 is 8.80 Å². The molecule has 4 nitrogen and oxygen atoms in total. The van der Waals surface area contributed by atoms with Gasteiger partial charge in [-0.05, 0) is 38.8 Å². The van der Waals surface area contributed by atoms with E-state index in [0.717, 1.165) is 23.5 Å². The Bertz CT molecular complexity index is 1110. The van der Waals surface area contributed by atoms with Crippen LogP contribution in [0.25, 0.3) is 11.3 Å². The number of aryl methyl sites for hydroxylation is 2. The van der Waals surface area contributed by atoms with E-state index in [9.17, 15) is 8.78 Å². The Hall–Kier alpha value is -2.76. The highest BCUT2D eigenvalue weighted by atomic mass is 19.1. The third kappa shape index (κ3) is 2.66. The lowest BCUT2D eigenvalue weighted by atomic mass is 9.96. The average molecular weight is 354 g/mol. The van der Waals surface area contributed by atoms with Crippen molar-refractivity contribution in [2.45, 2.75) is 39.5 Å². The predicted molar refractivity (Wildman–Crippen MR) is 96.5 cm³/mol. The lowest BCUT2D eigenvalue weighted by Crippen LogP contribution is -2.04. The zero-order valence-electron chi connectivity index (χ0n) is 15.0. The van der Waals surface area contributed by atoms with E-state index >= 15 is 0 Å². The summed E-state index contributed by atoms with van der Waals surface area (Å²) in [7, 11) is 0. The van der Waals surface area contributed by atoms with Gasteiger partial charge in [0.15, 0.2) is 0 Å². The number of aromatic nitrogens is 4. The summed E-state index contributed by atoms with van der Waals surface area (Å²) in [6, 6.07) is 4.32. The first kappa shape index (κ1) is 16.7. The van der Waals surface area contributed by atoms with Crippen molar-refractivity contribution >= 4 is 11.3 Å². The summed E-state index contributed by atoms with van der Waals surface area (Å²) >= 11 is 0. The third-order valence-electron chi connectivity index (χ3n) is 5.10. The maximum absolute atomic E-state index is 13.8. The van der Waals surface area contributed by atoms with Gasteiger partial charge in [-0.1, -0.05) is 6.92 Å². The Morgan fingerprint density at radius 2 is 1.92 bits per heavy atom. The SMILES string of the molecule is CCC(Cc1nc2c(C)c(F)ccn2c1C)c1cn2ccc(F)cc2n1. The molecule has 4 aromatic rings. The normalized spacial score (nSPS) is 13.0. The molecule has 0 fully saturated rings. The molecular formula is C20H20F2N4. The van der Waals surface area contributed by atoms with E-state index in [1.54, 1.807) is 19.3 Å². The third-order valence-corrected chi connectivity index (χ3v) is 5.10. The van der Waals surface area contributed by atoms with Crippen molar-refractivity contribution in [2.75, 3.05) is 0 Å². The van der Waals surface area contributed by atoms with E-state index in [0.29, 0.717) is 23.3 Å². The molecule has 0 saturated heterocycles. The second kappa shape index (κ2) is 6.20. The molecule has 0 aliphatic rings. The first-order valence-electron chi connectivity index (χ1n) is 8.74. The van der Waals surface area contributed by atoms with Crippen LogP contribution in [0.4, 0.5) is 8.78 Å². The van der Waals surface area contributed by atoms with Crippen LogP contribution >= 0.6 is 0 Å². The lowest BCUT2D eigenvalue weighted by Gasteiger charge is -2.11. The van der Waals surface area contributed by atoms with Crippen molar-refractivity contribution in [3.63, 3.8) is 0 Å². The molecule has 1 atom stereocenters. The van der Waals surface area contributed by atoms with Crippen LogP contribution in [-0.4, -0.2) is 18.8 Å². The van der Waals surface area contributed by atoms with Crippen LogP contribution in [0.15, 0.2) is 36.8 Å². The van der Waals surface area contributed by atoms with E-state index in [-0.39, 0.29) is 17.6 Å². The van der Waals surface area contributed by atoms with Crippen LogP contribution < -0.4 is 0 Å². The number of imidazole rings is 2. The molecule has 4 rings (SSSR count). The molecule has 0 N–H and O–H groups in total. The minimum atomic E-state index is -0.295. The zero-order valence-corrected chi connectivity index (χ0v) is 15.0. The van der Waals surface area contributed by atoms with E-state index in [4.69, 9.17) is 0 Å². The van der Waals surface area contributed by atoms with Gasteiger partial charge in [0.2, 0.25) is 0 Å². The molecule has 6 heteroatoms. The van der Waals surface area contributed by atoms with E-state index in [2.05, 4.69) is 16.9 Å². The van der Waals surface area contributed by atoms with Crippen LogP contribution in [0.1, 0.15) is 41.9 Å². The van der Waals surface area contributed by atoms with Gasteiger partial charge in [0.25, 0.3) is 0 Å². The van der Waals surface area contributed by atoms with Crippen molar-refractivity contribution in [1.29, 1.82) is 0 Å². The van der Waals surface area contributed by atoms with Gasteiger partial charge in [0, 0.05) is 41.8 Å². The largest absolute Gasteiger partial charge is 0.307 e. The van der Waals surface area contributed by atoms with Crippen LogP contribution in [0.2, 0.25) is 0 Å². The molecule has 0 amide bonds. The second-order valence-corrected chi connectivity index (χ2v) is 6.71. The molecule has 0 aliphatic carbocycles. The number of fused-ring (bicyclic) bond motifs is 2. The van der Waals surface area contributed by atoms with Crippen LogP contribution in [0.3, 0.4) is 0 Å². The van der Waals surface area contributed by atoms with Crippen molar-refractivity contribution < 1.29 is 8.78 Å². The zero-order chi connectivity index (χ0) is 18.4. The Morgan fingerprint density at radius 1 is 1.12 bits per heavy atom. The Morgan fingerprint density at radius 3 is 2.69 bits per heavy atom. The fraction of sp³-hybridized carbons (Fsp3) is 0.300. The number of hydrogen-bond acceptors (Lipinski definition) is 2. The molecule has 0 bridgehead atoms. The molecule has 26 heavy (non-hydrogen) atoms. The maximum Gasteiger partial charge on any atom is 0.143 e. The first-order valence-corrected chi connectivity index (χ1v) is 8.74. The van der Waals surface area contributed by atoms with Gasteiger partial charge in [-0.2, -0.15) is 0 Å². The fourth-order valence-electron chi connectivity index (χ4n) is 3.44. The molecule has 0 aromatic carbocycles. The van der Waals surface area contributed by atoms with Gasteiger partial charge in [0.05, 0.1) is 11.4 Å². The number of halogens is 2. The molecule has 1 unspecified atom stereocenters. The first-order chi connectivity index (χ1) is 12.5. The number of rotatable bonds is 4. The Labute approximate surface area is 150 Å². The summed E-state index contributed by atoms with van der Waals surface area (Å²) in [4.78, 5) is 9.27. The number of pyridine rings is 2. The summed E-state index contributed by atoms with van der Waals surface area (Å²) in [6.45, 7) is 5.85. The maximum atomic E-state index is 13.8. The van der Waals surface area contributed by atoms with Gasteiger partial charge in [-0.15, -0.1) is 0 Å². The Kier molecular flexibility index (Phi) is 3.98. The van der Waals surface area contributed by atoms with Gasteiger partial charge in [-0.25, -0.2) is 18.7 Å². The summed E-state index contributed by atoms with van der Waals surface area (Å²) < 4.78 is 31.0. The van der Waals surface area contributed by atoms with E-state index < -0.39 is 0 Å². The van der Waals surface area contributed by atoms with Crippen molar-refractivity contribution in [3.8, 4) is 0 Å². The average Bonchev–Trinajstić information content (AvgIpc) is 3.17. The highest BCUT2D eigenvalue weighted by Crippen LogP contribution is 2.27. The fourth-order valence-corrected chi connectivity index (χ4v) is 3.44. The summed E-state index contributed by atoms with van der Waals surface area (Å²) in [5.74, 6) is -0.383. The van der Waals surface area contributed by atoms with Crippen LogP contribution in [0, 0.1) is 25.5 Å². The summed E-state index contributed by atoms with van der Waals surface area (Å²) in [5, 5.41) is 0. The highest BCUT2D eigenvalue weighted by Gasteiger charge is 2.19. The lowest BCUT2D eigenvalue weighted by molar-refractivity contribution is 0.617. The van der Waals surface area contributed by atoms with Crippen molar-refractivity contribution in [3.05, 3.63) is 71.1 Å². The highest BCUT2D eigenvalue weighted by molar-refractivity contribution is 5.51. The predicted octanol–water partition coefficient (Wildman–Crippen LogP) is 4.61. The molecule has 0 aliphatic heterocycles. The molecule has 4 aromatic heterocycles. The topological polar surface area (TPSA) is 34.6 Å². The molecule has 0 radical (unpaired) electrons. The molecular weight excluding hydrogens is 334 g/mol. The quantitative estimate of drug-likeness (QED) is 0.536. The molecule has 0 saturated carbocycles. The summed E-state index contributed by atoms with van der Waals surface area (Å²) in [5.41, 5.74) is 4.67.